The van der Waals surface area contributed by atoms with E-state index in [0.29, 0.717) is 32.5 Å². The van der Waals surface area contributed by atoms with Crippen LogP contribution in [0.5, 0.6) is 5.75 Å². The van der Waals surface area contributed by atoms with Gasteiger partial charge in [-0.25, -0.2) is 0 Å². The predicted octanol–water partition coefficient (Wildman–Crippen LogP) is 2.20. The lowest BCUT2D eigenvalue weighted by Gasteiger charge is -2.44. The second-order valence-corrected chi connectivity index (χ2v) is 6.07. The molecule has 0 aromatic heterocycles. The fraction of sp³-hybridized carbons (Fsp3) is 0.500. The van der Waals surface area contributed by atoms with Crippen LogP contribution in [0, 0.1) is 0 Å². The number of β-amino-alcohol motifs (C(OH)–C–C–N with tert-alkyl or cyclic N) is 1. The number of hydrogen-bond donors (Lipinski definition) is 1. The van der Waals surface area contributed by atoms with Crippen LogP contribution in [-0.4, -0.2) is 41.2 Å². The molecule has 1 amide bonds. The highest BCUT2D eigenvalue weighted by Crippen LogP contribution is 2.21. The Morgan fingerprint density at radius 3 is 2.63 bits per heavy atom. The monoisotopic (exact) mass is 327 g/mol. The van der Waals surface area contributed by atoms with Crippen molar-refractivity contribution < 1.29 is 14.6 Å². The highest BCUT2D eigenvalue weighted by atomic mass is 79.9. The van der Waals surface area contributed by atoms with Crippen molar-refractivity contribution in [2.75, 3.05) is 19.7 Å². The zero-order valence-corrected chi connectivity index (χ0v) is 12.5. The van der Waals surface area contributed by atoms with Gasteiger partial charge in [0.05, 0.1) is 25.3 Å². The first-order chi connectivity index (χ1) is 8.96. The van der Waals surface area contributed by atoms with Gasteiger partial charge in [-0.3, -0.25) is 4.79 Å². The summed E-state index contributed by atoms with van der Waals surface area (Å²) in [6.07, 6.45) is 1.15. The van der Waals surface area contributed by atoms with Crippen molar-refractivity contribution in [3.63, 3.8) is 0 Å². The van der Waals surface area contributed by atoms with Crippen LogP contribution in [0.15, 0.2) is 28.7 Å². The van der Waals surface area contributed by atoms with Gasteiger partial charge in [0.1, 0.15) is 5.75 Å². The van der Waals surface area contributed by atoms with Gasteiger partial charge >= 0.3 is 0 Å². The molecule has 0 aliphatic carbocycles. The van der Waals surface area contributed by atoms with E-state index >= 15 is 0 Å². The van der Waals surface area contributed by atoms with Crippen molar-refractivity contribution in [3.8, 4) is 5.75 Å². The Labute approximate surface area is 121 Å². The molecule has 1 aromatic rings. The summed E-state index contributed by atoms with van der Waals surface area (Å²) in [5, 5.41) is 9.55. The molecular formula is C14H18BrNO3. The average Bonchev–Trinajstić information content (AvgIpc) is 2.33. The lowest BCUT2D eigenvalue weighted by molar-refractivity contribution is -0.152. The van der Waals surface area contributed by atoms with Crippen molar-refractivity contribution in [2.45, 2.75) is 25.4 Å². The molecule has 0 saturated carbocycles. The summed E-state index contributed by atoms with van der Waals surface area (Å²) >= 11 is 3.36. The molecule has 19 heavy (non-hydrogen) atoms. The molecule has 0 unspecified atom stereocenters. The van der Waals surface area contributed by atoms with Crippen LogP contribution in [0.25, 0.3) is 0 Å². The molecule has 0 atom stereocenters. The topological polar surface area (TPSA) is 49.8 Å². The van der Waals surface area contributed by atoms with Gasteiger partial charge < -0.3 is 14.7 Å². The summed E-state index contributed by atoms with van der Waals surface area (Å²) in [5.41, 5.74) is -0.691. The molecule has 5 heteroatoms. The first-order valence-electron chi connectivity index (χ1n) is 6.35. The SMILES string of the molecule is CC1(O)CN(C(=O)CCCOc2ccc(Br)cc2)C1. The maximum atomic E-state index is 11.7. The molecule has 104 valence electrons. The second-order valence-electron chi connectivity index (χ2n) is 5.15. The van der Waals surface area contributed by atoms with Crippen molar-refractivity contribution in [2.24, 2.45) is 0 Å². The van der Waals surface area contributed by atoms with Crippen molar-refractivity contribution in [3.05, 3.63) is 28.7 Å². The van der Waals surface area contributed by atoms with E-state index in [-0.39, 0.29) is 5.91 Å². The Kier molecular flexibility index (Phi) is 4.47. The zero-order valence-electron chi connectivity index (χ0n) is 10.9. The number of amides is 1. The molecule has 0 bridgehead atoms. The van der Waals surface area contributed by atoms with Gasteiger partial charge in [0.25, 0.3) is 0 Å². The summed E-state index contributed by atoms with van der Waals surface area (Å²) in [6, 6.07) is 7.61. The van der Waals surface area contributed by atoms with Crippen LogP contribution >= 0.6 is 15.9 Å². The van der Waals surface area contributed by atoms with E-state index in [1.165, 1.54) is 0 Å². The Morgan fingerprint density at radius 2 is 2.05 bits per heavy atom. The number of likely N-dealkylation sites (tertiary alicyclic amines) is 1. The normalized spacial score (nSPS) is 16.9. The third-order valence-corrected chi connectivity index (χ3v) is 3.56. The van der Waals surface area contributed by atoms with Gasteiger partial charge in [0.2, 0.25) is 5.91 Å². The maximum Gasteiger partial charge on any atom is 0.222 e. The summed E-state index contributed by atoms with van der Waals surface area (Å²) in [5.74, 6) is 0.897. The first kappa shape index (κ1) is 14.3. The minimum Gasteiger partial charge on any atom is -0.494 e. The van der Waals surface area contributed by atoms with Crippen LogP contribution < -0.4 is 4.74 Å². The van der Waals surface area contributed by atoms with Gasteiger partial charge in [-0.2, -0.15) is 0 Å². The largest absolute Gasteiger partial charge is 0.494 e. The third kappa shape index (κ3) is 4.21. The second kappa shape index (κ2) is 5.92. The lowest BCUT2D eigenvalue weighted by atomic mass is 9.96. The molecule has 1 N–H and O–H groups in total. The van der Waals surface area contributed by atoms with E-state index in [9.17, 15) is 9.90 Å². The molecule has 1 heterocycles. The summed E-state index contributed by atoms with van der Waals surface area (Å²) < 4.78 is 6.56. The van der Waals surface area contributed by atoms with E-state index in [0.717, 1.165) is 10.2 Å². The van der Waals surface area contributed by atoms with Crippen molar-refractivity contribution in [1.29, 1.82) is 0 Å². The Balaban J connectivity index is 1.62. The first-order valence-corrected chi connectivity index (χ1v) is 7.14. The van der Waals surface area contributed by atoms with Gasteiger partial charge in [0.15, 0.2) is 0 Å². The summed E-state index contributed by atoms with van der Waals surface area (Å²) in [7, 11) is 0. The van der Waals surface area contributed by atoms with E-state index in [1.54, 1.807) is 11.8 Å². The number of halogens is 1. The highest BCUT2D eigenvalue weighted by Gasteiger charge is 2.38. The molecule has 4 nitrogen and oxygen atoms in total. The minimum absolute atomic E-state index is 0.0888. The van der Waals surface area contributed by atoms with Crippen LogP contribution in [0.2, 0.25) is 0 Å². The molecule has 0 spiro atoms. The zero-order chi connectivity index (χ0) is 13.9. The van der Waals surface area contributed by atoms with Crippen LogP contribution in [-0.2, 0) is 4.79 Å². The lowest BCUT2D eigenvalue weighted by Crippen LogP contribution is -2.61. The van der Waals surface area contributed by atoms with E-state index in [4.69, 9.17) is 4.74 Å². The Bertz CT molecular complexity index is 437. The number of ether oxygens (including phenoxy) is 1. The van der Waals surface area contributed by atoms with Crippen molar-refractivity contribution >= 4 is 21.8 Å². The standard InChI is InChI=1S/C14H18BrNO3/c1-14(18)9-16(10-14)13(17)3-2-8-19-12-6-4-11(15)5-7-12/h4-7,18H,2-3,8-10H2,1H3. The van der Waals surface area contributed by atoms with Gasteiger partial charge in [-0.15, -0.1) is 0 Å². The van der Waals surface area contributed by atoms with E-state index in [2.05, 4.69) is 15.9 Å². The molecule has 1 aromatic carbocycles. The number of rotatable bonds is 5. The number of carbonyl (C=O) groups excluding carboxylic acids is 1. The average molecular weight is 328 g/mol. The van der Waals surface area contributed by atoms with E-state index in [1.807, 2.05) is 24.3 Å². The van der Waals surface area contributed by atoms with Crippen LogP contribution in [0.1, 0.15) is 19.8 Å². The molecular weight excluding hydrogens is 310 g/mol. The van der Waals surface area contributed by atoms with Gasteiger partial charge in [0, 0.05) is 10.9 Å². The van der Waals surface area contributed by atoms with Gasteiger partial charge in [-0.05, 0) is 37.6 Å². The predicted molar refractivity (Wildman–Crippen MR) is 76.1 cm³/mol. The number of carbonyl (C=O) groups is 1. The Hall–Kier alpha value is -1.07. The summed E-state index contributed by atoms with van der Waals surface area (Å²) in [6.45, 7) is 3.16. The number of hydrogen-bond acceptors (Lipinski definition) is 3. The van der Waals surface area contributed by atoms with Crippen molar-refractivity contribution in [1.82, 2.24) is 4.90 Å². The molecule has 0 radical (unpaired) electrons. The van der Waals surface area contributed by atoms with Crippen LogP contribution in [0.4, 0.5) is 0 Å². The molecule has 1 aliphatic rings. The third-order valence-electron chi connectivity index (χ3n) is 3.03. The smallest absolute Gasteiger partial charge is 0.222 e. The number of nitrogens with zero attached hydrogens (tertiary/aromatic N) is 1. The van der Waals surface area contributed by atoms with Gasteiger partial charge in [-0.1, -0.05) is 15.9 Å². The fourth-order valence-electron chi connectivity index (χ4n) is 2.05. The van der Waals surface area contributed by atoms with E-state index < -0.39 is 5.60 Å². The maximum absolute atomic E-state index is 11.7. The molecule has 1 saturated heterocycles. The van der Waals surface area contributed by atoms with Crippen LogP contribution in [0.3, 0.4) is 0 Å². The number of benzene rings is 1. The molecule has 1 aliphatic heterocycles. The quantitative estimate of drug-likeness (QED) is 0.843. The fourth-order valence-corrected chi connectivity index (χ4v) is 2.32. The minimum atomic E-state index is -0.691. The number of aliphatic hydroxyl groups is 1. The molecule has 1 fully saturated rings. The molecule has 2 rings (SSSR count). The summed E-state index contributed by atoms with van der Waals surface area (Å²) in [4.78, 5) is 13.4. The highest BCUT2D eigenvalue weighted by molar-refractivity contribution is 9.10. The Morgan fingerprint density at radius 1 is 1.42 bits per heavy atom.